The van der Waals surface area contributed by atoms with Crippen LogP contribution in [0.4, 0.5) is 0 Å². The molecule has 0 fully saturated rings. The van der Waals surface area contributed by atoms with Crippen LogP contribution in [0.3, 0.4) is 0 Å². The molecule has 0 spiro atoms. The Morgan fingerprint density at radius 3 is 2.60 bits per heavy atom. The molecule has 1 amide bonds. The van der Waals surface area contributed by atoms with Crippen molar-refractivity contribution >= 4 is 13.7 Å². The van der Waals surface area contributed by atoms with Gasteiger partial charge in [0, 0.05) is 12.5 Å². The zero-order valence-corrected chi connectivity index (χ0v) is 6.89. The van der Waals surface area contributed by atoms with Crippen LogP contribution in [0, 0.1) is 0 Å². The highest BCUT2D eigenvalue weighted by Gasteiger charge is 2.05. The summed E-state index contributed by atoms with van der Waals surface area (Å²) in [6, 6.07) is 0. The molecular formula is C6H10NO2P. The van der Waals surface area contributed by atoms with E-state index in [-0.39, 0.29) is 0 Å². The fourth-order valence-electron chi connectivity index (χ4n) is 0.359. The summed E-state index contributed by atoms with van der Waals surface area (Å²) in [7, 11) is -2.59. The van der Waals surface area contributed by atoms with Crippen LogP contribution in [-0.2, 0) is 9.36 Å². The van der Waals surface area contributed by atoms with Gasteiger partial charge in [0.15, 0.2) is 7.29 Å². The molecule has 0 aromatic heterocycles. The molecule has 0 bridgehead atoms. The monoisotopic (exact) mass is 159 g/mol. The van der Waals surface area contributed by atoms with Crippen molar-refractivity contribution in [3.8, 4) is 0 Å². The van der Waals surface area contributed by atoms with E-state index in [0.717, 1.165) is 0 Å². The summed E-state index contributed by atoms with van der Waals surface area (Å²) in [6.45, 7) is 3.22. The van der Waals surface area contributed by atoms with E-state index in [9.17, 15) is 9.36 Å². The quantitative estimate of drug-likeness (QED) is 0.383. The van der Waals surface area contributed by atoms with Crippen molar-refractivity contribution in [3.05, 3.63) is 17.6 Å². The van der Waals surface area contributed by atoms with Gasteiger partial charge in [0.1, 0.15) is 0 Å². The summed E-state index contributed by atoms with van der Waals surface area (Å²) in [6.07, 6.45) is 2.05. The van der Waals surface area contributed by atoms with Gasteiger partial charge in [-0.15, -0.1) is 5.73 Å². The molecule has 0 aliphatic rings. The summed E-state index contributed by atoms with van der Waals surface area (Å²) in [5.74, 6) is 1.36. The molecule has 0 rings (SSSR count). The smallest absolute Gasteiger partial charge is 0.212 e. The van der Waals surface area contributed by atoms with Crippen molar-refractivity contribution in [2.75, 3.05) is 6.66 Å². The lowest BCUT2D eigenvalue weighted by Gasteiger charge is -2.01. The Morgan fingerprint density at radius 1 is 1.60 bits per heavy atom. The van der Waals surface area contributed by atoms with E-state index >= 15 is 0 Å². The first-order chi connectivity index (χ1) is 4.62. The Bertz CT molecular complexity index is 216. The summed E-state index contributed by atoms with van der Waals surface area (Å²) in [4.78, 5) is 9.84. The number of rotatable bonds is 3. The third-order valence-corrected chi connectivity index (χ3v) is 2.06. The molecule has 0 aromatic carbocycles. The normalized spacial score (nSPS) is 14.2. The van der Waals surface area contributed by atoms with Crippen molar-refractivity contribution in [2.24, 2.45) is 0 Å². The number of carbonyl (C=O) groups excluding carboxylic acids is 1. The fourth-order valence-corrected chi connectivity index (χ4v) is 1.08. The maximum atomic E-state index is 11.1. The standard InChI is InChI=1S/C6H10NO2P/c1-3-4-5-10(2,9)7-6-8/h3,5-6H,1-2H3,(H,7,8,9). The second kappa shape index (κ2) is 4.10. The van der Waals surface area contributed by atoms with E-state index in [4.69, 9.17) is 0 Å². The van der Waals surface area contributed by atoms with Crippen molar-refractivity contribution in [3.63, 3.8) is 0 Å². The van der Waals surface area contributed by atoms with Crippen LogP contribution < -0.4 is 5.09 Å². The molecule has 0 saturated heterocycles. The highest BCUT2D eigenvalue weighted by Crippen LogP contribution is 2.35. The van der Waals surface area contributed by atoms with E-state index in [1.54, 1.807) is 13.0 Å². The molecule has 0 radical (unpaired) electrons. The van der Waals surface area contributed by atoms with E-state index < -0.39 is 7.29 Å². The molecule has 0 aliphatic carbocycles. The molecule has 0 aliphatic heterocycles. The molecule has 1 atom stereocenters. The summed E-state index contributed by atoms with van der Waals surface area (Å²) in [5.41, 5.74) is 2.64. The molecule has 3 nitrogen and oxygen atoms in total. The lowest BCUT2D eigenvalue weighted by molar-refractivity contribution is -0.108. The van der Waals surface area contributed by atoms with Gasteiger partial charge in [-0.05, 0) is 13.0 Å². The molecule has 1 unspecified atom stereocenters. The topological polar surface area (TPSA) is 46.2 Å². The van der Waals surface area contributed by atoms with Gasteiger partial charge in [0.2, 0.25) is 6.41 Å². The fraction of sp³-hybridized carbons (Fsp3) is 0.333. The molecule has 10 heavy (non-hydrogen) atoms. The van der Waals surface area contributed by atoms with Gasteiger partial charge in [-0.1, -0.05) is 0 Å². The summed E-state index contributed by atoms with van der Waals surface area (Å²) >= 11 is 0. The highest BCUT2D eigenvalue weighted by atomic mass is 31.2. The maximum absolute atomic E-state index is 11.1. The van der Waals surface area contributed by atoms with Crippen molar-refractivity contribution in [2.45, 2.75) is 6.92 Å². The van der Waals surface area contributed by atoms with Crippen LogP contribution in [0.25, 0.3) is 0 Å². The van der Waals surface area contributed by atoms with Crippen LogP contribution >= 0.6 is 7.29 Å². The minimum absolute atomic E-state index is 0.425. The minimum atomic E-state index is -2.59. The predicted octanol–water partition coefficient (Wildman–Crippen LogP) is 1.33. The van der Waals surface area contributed by atoms with Gasteiger partial charge in [0.25, 0.3) is 0 Å². The second-order valence-electron chi connectivity index (χ2n) is 1.82. The first-order valence-electron chi connectivity index (χ1n) is 2.79. The summed E-state index contributed by atoms with van der Waals surface area (Å²) in [5, 5.41) is 2.19. The zero-order valence-electron chi connectivity index (χ0n) is 6.00. The van der Waals surface area contributed by atoms with Crippen molar-refractivity contribution in [1.29, 1.82) is 0 Å². The maximum Gasteiger partial charge on any atom is 0.212 e. The Labute approximate surface area is 60.2 Å². The van der Waals surface area contributed by atoms with Gasteiger partial charge in [-0.3, -0.25) is 9.36 Å². The Balaban J connectivity index is 4.27. The van der Waals surface area contributed by atoms with Crippen LogP contribution in [0.2, 0.25) is 0 Å². The molecule has 0 aromatic rings. The average Bonchev–Trinajstić information content (AvgIpc) is 1.84. The van der Waals surface area contributed by atoms with E-state index in [2.05, 4.69) is 10.8 Å². The first kappa shape index (κ1) is 9.22. The third kappa shape index (κ3) is 4.13. The SMILES string of the molecule is CC=C=CP(C)(=O)NC=O. The van der Waals surface area contributed by atoms with E-state index in [1.807, 2.05) is 0 Å². The molecule has 4 heteroatoms. The molecular weight excluding hydrogens is 149 g/mol. The lowest BCUT2D eigenvalue weighted by atomic mass is 10.7. The van der Waals surface area contributed by atoms with Gasteiger partial charge >= 0.3 is 0 Å². The zero-order chi connectivity index (χ0) is 8.04. The van der Waals surface area contributed by atoms with Gasteiger partial charge < -0.3 is 5.09 Å². The molecule has 0 saturated carbocycles. The number of nitrogens with one attached hydrogen (secondary N) is 1. The number of hydrogen-bond donors (Lipinski definition) is 1. The number of carbonyl (C=O) groups is 1. The number of allylic oxidation sites excluding steroid dienone is 1. The van der Waals surface area contributed by atoms with Gasteiger partial charge in [-0.25, -0.2) is 0 Å². The summed E-state index contributed by atoms with van der Waals surface area (Å²) < 4.78 is 11.1. The minimum Gasteiger partial charge on any atom is -0.306 e. The lowest BCUT2D eigenvalue weighted by Crippen LogP contribution is -2.03. The van der Waals surface area contributed by atoms with Crippen molar-refractivity contribution < 1.29 is 9.36 Å². The second-order valence-corrected chi connectivity index (χ2v) is 4.32. The highest BCUT2D eigenvalue weighted by molar-refractivity contribution is 7.64. The van der Waals surface area contributed by atoms with Crippen LogP contribution in [0.15, 0.2) is 17.6 Å². The molecule has 1 N–H and O–H groups in total. The first-order valence-corrected chi connectivity index (χ1v) is 5.01. The van der Waals surface area contributed by atoms with Crippen LogP contribution in [0.1, 0.15) is 6.92 Å². The Kier molecular flexibility index (Phi) is 3.78. The average molecular weight is 159 g/mol. The Morgan fingerprint density at radius 2 is 2.20 bits per heavy atom. The van der Waals surface area contributed by atoms with Crippen LogP contribution in [0.5, 0.6) is 0 Å². The third-order valence-electron chi connectivity index (χ3n) is 0.797. The predicted molar refractivity (Wildman–Crippen MR) is 41.1 cm³/mol. The van der Waals surface area contributed by atoms with E-state index in [1.165, 1.54) is 12.5 Å². The van der Waals surface area contributed by atoms with Crippen LogP contribution in [-0.4, -0.2) is 13.1 Å². The number of amides is 1. The van der Waals surface area contributed by atoms with Gasteiger partial charge in [-0.2, -0.15) is 0 Å². The molecule has 0 heterocycles. The Hall–Kier alpha value is -0.780. The van der Waals surface area contributed by atoms with E-state index in [0.29, 0.717) is 6.41 Å². The largest absolute Gasteiger partial charge is 0.306 e. The van der Waals surface area contributed by atoms with Gasteiger partial charge in [0.05, 0.1) is 0 Å². The number of hydrogen-bond acceptors (Lipinski definition) is 2. The van der Waals surface area contributed by atoms with Crippen molar-refractivity contribution in [1.82, 2.24) is 5.09 Å². The molecule has 56 valence electrons.